The standard InChI is InChI=1S/C12H14N4OS/c1-18-10-5-3-2-4-9(10)12(17)14-6-8-7-15-16-11(8)13/h2-5,7H,6H2,1H3,(H,14,17)(H3,13,15,16). The molecule has 0 aliphatic rings. The molecule has 2 rings (SSSR count). The summed E-state index contributed by atoms with van der Waals surface area (Å²) in [6.45, 7) is 0.365. The van der Waals surface area contributed by atoms with Gasteiger partial charge in [-0.15, -0.1) is 11.8 Å². The molecule has 1 aromatic heterocycles. The van der Waals surface area contributed by atoms with Crippen molar-refractivity contribution in [2.24, 2.45) is 0 Å². The molecule has 0 unspecified atom stereocenters. The molecule has 0 aliphatic carbocycles. The molecule has 94 valence electrons. The predicted molar refractivity (Wildman–Crippen MR) is 72.4 cm³/mol. The van der Waals surface area contributed by atoms with Gasteiger partial charge in [0.05, 0.1) is 11.8 Å². The zero-order valence-corrected chi connectivity index (χ0v) is 10.8. The van der Waals surface area contributed by atoms with Crippen molar-refractivity contribution in [3.05, 3.63) is 41.6 Å². The Kier molecular flexibility index (Phi) is 3.88. The number of carbonyl (C=O) groups excluding carboxylic acids is 1. The van der Waals surface area contributed by atoms with E-state index in [1.54, 1.807) is 24.0 Å². The predicted octanol–water partition coefficient (Wildman–Crippen LogP) is 1.64. The first-order valence-electron chi connectivity index (χ1n) is 5.41. The van der Waals surface area contributed by atoms with Gasteiger partial charge in [-0.05, 0) is 18.4 Å². The summed E-state index contributed by atoms with van der Waals surface area (Å²) in [4.78, 5) is 13.0. The number of H-pyrrole nitrogens is 1. The van der Waals surface area contributed by atoms with Crippen molar-refractivity contribution in [3.8, 4) is 0 Å². The summed E-state index contributed by atoms with van der Waals surface area (Å²) in [7, 11) is 0. The fraction of sp³-hybridized carbons (Fsp3) is 0.167. The van der Waals surface area contributed by atoms with Crippen molar-refractivity contribution >= 4 is 23.5 Å². The molecule has 4 N–H and O–H groups in total. The monoisotopic (exact) mass is 262 g/mol. The SMILES string of the molecule is CSc1ccccc1C(=O)NCc1cn[nH]c1N. The first-order valence-corrected chi connectivity index (χ1v) is 6.63. The average molecular weight is 262 g/mol. The molecule has 18 heavy (non-hydrogen) atoms. The van der Waals surface area contributed by atoms with Gasteiger partial charge < -0.3 is 11.1 Å². The van der Waals surface area contributed by atoms with E-state index < -0.39 is 0 Å². The number of hydrogen-bond donors (Lipinski definition) is 3. The van der Waals surface area contributed by atoms with Gasteiger partial charge in [0.15, 0.2) is 0 Å². The molecule has 0 radical (unpaired) electrons. The van der Waals surface area contributed by atoms with E-state index in [2.05, 4.69) is 15.5 Å². The van der Waals surface area contributed by atoms with E-state index >= 15 is 0 Å². The van der Waals surface area contributed by atoms with Crippen LogP contribution in [0.3, 0.4) is 0 Å². The van der Waals surface area contributed by atoms with Gasteiger partial charge in [-0.3, -0.25) is 9.89 Å². The molecule has 1 amide bonds. The van der Waals surface area contributed by atoms with Crippen LogP contribution in [0.5, 0.6) is 0 Å². The average Bonchev–Trinajstić information content (AvgIpc) is 2.81. The van der Waals surface area contributed by atoms with E-state index in [0.29, 0.717) is 17.9 Å². The van der Waals surface area contributed by atoms with Gasteiger partial charge in [0.25, 0.3) is 5.91 Å². The lowest BCUT2D eigenvalue weighted by Crippen LogP contribution is -2.23. The van der Waals surface area contributed by atoms with Crippen LogP contribution in [0.1, 0.15) is 15.9 Å². The Morgan fingerprint density at radius 3 is 2.94 bits per heavy atom. The van der Waals surface area contributed by atoms with E-state index in [9.17, 15) is 4.79 Å². The Labute approximate surface area is 109 Å². The minimum atomic E-state index is -0.111. The van der Waals surface area contributed by atoms with Crippen LogP contribution in [-0.2, 0) is 6.54 Å². The highest BCUT2D eigenvalue weighted by Crippen LogP contribution is 2.19. The summed E-state index contributed by atoms with van der Waals surface area (Å²) in [5, 5.41) is 9.25. The number of hydrogen-bond acceptors (Lipinski definition) is 4. The van der Waals surface area contributed by atoms with Crippen LogP contribution in [0.15, 0.2) is 35.4 Å². The minimum Gasteiger partial charge on any atom is -0.384 e. The van der Waals surface area contributed by atoms with E-state index in [-0.39, 0.29) is 5.91 Å². The molecular formula is C12H14N4OS. The number of nitrogen functional groups attached to an aromatic ring is 1. The number of rotatable bonds is 4. The van der Waals surface area contributed by atoms with Gasteiger partial charge in [0.1, 0.15) is 5.82 Å². The molecule has 1 heterocycles. The summed E-state index contributed by atoms with van der Waals surface area (Å²) < 4.78 is 0. The molecule has 0 spiro atoms. The molecule has 6 heteroatoms. The summed E-state index contributed by atoms with van der Waals surface area (Å²) in [6, 6.07) is 7.49. The normalized spacial score (nSPS) is 10.3. The largest absolute Gasteiger partial charge is 0.384 e. The van der Waals surface area contributed by atoms with Crippen molar-refractivity contribution in [2.45, 2.75) is 11.4 Å². The molecule has 1 aromatic carbocycles. The molecule has 0 atom stereocenters. The first-order chi connectivity index (χ1) is 8.72. The quantitative estimate of drug-likeness (QED) is 0.731. The smallest absolute Gasteiger partial charge is 0.252 e. The second-order valence-corrected chi connectivity index (χ2v) is 4.54. The van der Waals surface area contributed by atoms with Crippen LogP contribution in [0.25, 0.3) is 0 Å². The Balaban J connectivity index is 2.06. The fourth-order valence-electron chi connectivity index (χ4n) is 1.56. The minimum absolute atomic E-state index is 0.111. The van der Waals surface area contributed by atoms with Crippen molar-refractivity contribution in [3.63, 3.8) is 0 Å². The van der Waals surface area contributed by atoms with Crippen LogP contribution in [0.2, 0.25) is 0 Å². The number of aromatic amines is 1. The number of aromatic nitrogens is 2. The molecule has 0 saturated carbocycles. The van der Waals surface area contributed by atoms with Crippen LogP contribution in [0, 0.1) is 0 Å². The Bertz CT molecular complexity index is 553. The maximum absolute atomic E-state index is 12.0. The zero-order chi connectivity index (χ0) is 13.0. The maximum Gasteiger partial charge on any atom is 0.252 e. The third-order valence-corrected chi connectivity index (χ3v) is 3.34. The lowest BCUT2D eigenvalue weighted by atomic mass is 10.2. The van der Waals surface area contributed by atoms with Gasteiger partial charge in [-0.25, -0.2) is 0 Å². The van der Waals surface area contributed by atoms with Gasteiger partial charge in [0.2, 0.25) is 0 Å². The van der Waals surface area contributed by atoms with Crippen molar-refractivity contribution in [1.82, 2.24) is 15.5 Å². The molecule has 0 aliphatic heterocycles. The summed E-state index contributed by atoms with van der Waals surface area (Å²) in [5.74, 6) is 0.369. The number of nitrogens with one attached hydrogen (secondary N) is 2. The lowest BCUT2D eigenvalue weighted by Gasteiger charge is -2.07. The third kappa shape index (κ3) is 2.65. The Morgan fingerprint density at radius 1 is 1.50 bits per heavy atom. The van der Waals surface area contributed by atoms with Crippen LogP contribution in [-0.4, -0.2) is 22.4 Å². The van der Waals surface area contributed by atoms with Crippen molar-refractivity contribution in [1.29, 1.82) is 0 Å². The fourth-order valence-corrected chi connectivity index (χ4v) is 2.16. The summed E-state index contributed by atoms with van der Waals surface area (Å²) in [6.07, 6.45) is 3.55. The first kappa shape index (κ1) is 12.5. The summed E-state index contributed by atoms with van der Waals surface area (Å²) >= 11 is 1.55. The number of anilines is 1. The van der Waals surface area contributed by atoms with Crippen LogP contribution < -0.4 is 11.1 Å². The zero-order valence-electron chi connectivity index (χ0n) is 9.93. The number of amides is 1. The van der Waals surface area contributed by atoms with E-state index in [1.807, 2.05) is 24.5 Å². The summed E-state index contributed by atoms with van der Waals surface area (Å²) in [5.41, 5.74) is 7.10. The second kappa shape index (κ2) is 5.59. The highest BCUT2D eigenvalue weighted by Gasteiger charge is 2.10. The van der Waals surface area contributed by atoms with E-state index in [1.165, 1.54) is 0 Å². The van der Waals surface area contributed by atoms with Crippen molar-refractivity contribution < 1.29 is 4.79 Å². The Hall–Kier alpha value is -1.95. The second-order valence-electron chi connectivity index (χ2n) is 3.69. The number of benzene rings is 1. The van der Waals surface area contributed by atoms with E-state index in [0.717, 1.165) is 10.5 Å². The van der Waals surface area contributed by atoms with E-state index in [4.69, 9.17) is 5.73 Å². The van der Waals surface area contributed by atoms with Gasteiger partial charge >= 0.3 is 0 Å². The number of nitrogens with zero attached hydrogens (tertiary/aromatic N) is 1. The number of carbonyl (C=O) groups is 1. The molecule has 0 saturated heterocycles. The molecule has 0 bridgehead atoms. The number of thioether (sulfide) groups is 1. The highest BCUT2D eigenvalue weighted by molar-refractivity contribution is 7.98. The Morgan fingerprint density at radius 2 is 2.28 bits per heavy atom. The maximum atomic E-state index is 12.0. The molecule has 5 nitrogen and oxygen atoms in total. The lowest BCUT2D eigenvalue weighted by molar-refractivity contribution is 0.0948. The third-order valence-electron chi connectivity index (χ3n) is 2.54. The molecular weight excluding hydrogens is 248 g/mol. The van der Waals surface area contributed by atoms with Gasteiger partial charge in [-0.2, -0.15) is 5.10 Å². The van der Waals surface area contributed by atoms with Crippen molar-refractivity contribution in [2.75, 3.05) is 12.0 Å². The topological polar surface area (TPSA) is 83.8 Å². The van der Waals surface area contributed by atoms with Gasteiger partial charge in [0, 0.05) is 17.0 Å². The van der Waals surface area contributed by atoms with Crippen LogP contribution in [0.4, 0.5) is 5.82 Å². The molecule has 2 aromatic rings. The number of nitrogens with two attached hydrogens (primary N) is 1. The highest BCUT2D eigenvalue weighted by atomic mass is 32.2. The van der Waals surface area contributed by atoms with Crippen LogP contribution >= 0.6 is 11.8 Å². The van der Waals surface area contributed by atoms with Gasteiger partial charge in [-0.1, -0.05) is 12.1 Å². The molecule has 0 fully saturated rings.